The Morgan fingerprint density at radius 2 is 2.15 bits per heavy atom. The molecule has 0 aliphatic rings. The topological polar surface area (TPSA) is 83.6 Å². The highest BCUT2D eigenvalue weighted by atomic mass is 32.2. The molecule has 2 aromatic rings. The standard InChI is InChI=1S/C13H17N5OS/c1-9-3-5-11(6-4-9)20-8-7-12(19)14-10(2)13-15-17-18-16-13/h3-6,10H,7-8H2,1-2H3,(H,14,19)(H,15,16,17,18). The van der Waals surface area contributed by atoms with Crippen LogP contribution in [0, 0.1) is 6.92 Å². The van der Waals surface area contributed by atoms with Crippen molar-refractivity contribution < 1.29 is 4.79 Å². The number of rotatable bonds is 6. The summed E-state index contributed by atoms with van der Waals surface area (Å²) in [4.78, 5) is 13.0. The molecule has 2 N–H and O–H groups in total. The molecule has 0 radical (unpaired) electrons. The summed E-state index contributed by atoms with van der Waals surface area (Å²) in [7, 11) is 0. The molecule has 1 heterocycles. The van der Waals surface area contributed by atoms with E-state index in [1.165, 1.54) is 10.5 Å². The molecule has 0 spiro atoms. The van der Waals surface area contributed by atoms with Crippen molar-refractivity contribution >= 4 is 17.7 Å². The first-order valence-electron chi connectivity index (χ1n) is 6.37. The quantitative estimate of drug-likeness (QED) is 0.794. The van der Waals surface area contributed by atoms with Crippen LogP contribution in [-0.2, 0) is 4.79 Å². The summed E-state index contributed by atoms with van der Waals surface area (Å²) in [6.45, 7) is 3.89. The van der Waals surface area contributed by atoms with Crippen LogP contribution in [-0.4, -0.2) is 32.3 Å². The van der Waals surface area contributed by atoms with E-state index in [2.05, 4.69) is 57.1 Å². The molecule has 0 aliphatic heterocycles. The molecule has 1 atom stereocenters. The number of carbonyl (C=O) groups is 1. The second-order valence-corrected chi connectivity index (χ2v) is 5.64. The monoisotopic (exact) mass is 291 g/mol. The number of aromatic amines is 1. The number of benzene rings is 1. The Balaban J connectivity index is 1.71. The number of hydrogen-bond donors (Lipinski definition) is 2. The van der Waals surface area contributed by atoms with Crippen molar-refractivity contribution in [3.05, 3.63) is 35.7 Å². The van der Waals surface area contributed by atoms with Crippen molar-refractivity contribution in [3.63, 3.8) is 0 Å². The number of aryl methyl sites for hydroxylation is 1. The SMILES string of the molecule is Cc1ccc(SCCC(=O)NC(C)c2nn[nH]n2)cc1. The lowest BCUT2D eigenvalue weighted by atomic mass is 10.2. The first kappa shape index (κ1) is 14.5. The minimum atomic E-state index is -0.231. The average Bonchev–Trinajstić information content (AvgIpc) is 2.95. The second-order valence-electron chi connectivity index (χ2n) is 4.47. The Bertz CT molecular complexity index is 540. The molecule has 0 fully saturated rings. The van der Waals surface area contributed by atoms with Crippen molar-refractivity contribution in [1.82, 2.24) is 25.9 Å². The highest BCUT2D eigenvalue weighted by Gasteiger charge is 2.12. The number of tetrazole rings is 1. The molecule has 1 aromatic carbocycles. The maximum atomic E-state index is 11.8. The van der Waals surface area contributed by atoms with Gasteiger partial charge in [0.15, 0.2) is 5.82 Å². The van der Waals surface area contributed by atoms with Crippen LogP contribution in [0.25, 0.3) is 0 Å². The maximum absolute atomic E-state index is 11.8. The molecule has 2 rings (SSSR count). The summed E-state index contributed by atoms with van der Waals surface area (Å²) in [5, 5.41) is 16.4. The van der Waals surface area contributed by atoms with Crippen molar-refractivity contribution in [1.29, 1.82) is 0 Å². The Hall–Kier alpha value is -1.89. The van der Waals surface area contributed by atoms with Crippen LogP contribution < -0.4 is 5.32 Å². The summed E-state index contributed by atoms with van der Waals surface area (Å²) in [6.07, 6.45) is 0.459. The fraction of sp³-hybridized carbons (Fsp3) is 0.385. The molecule has 20 heavy (non-hydrogen) atoms. The molecule has 0 aliphatic carbocycles. The third kappa shape index (κ3) is 4.34. The van der Waals surface area contributed by atoms with E-state index in [0.29, 0.717) is 12.2 Å². The predicted octanol–water partition coefficient (Wildman–Crippen LogP) is 1.87. The van der Waals surface area contributed by atoms with Crippen LogP contribution in [0.1, 0.15) is 30.8 Å². The number of H-pyrrole nitrogens is 1. The summed E-state index contributed by atoms with van der Waals surface area (Å²) < 4.78 is 0. The largest absolute Gasteiger partial charge is 0.346 e. The van der Waals surface area contributed by atoms with E-state index in [1.807, 2.05) is 6.92 Å². The smallest absolute Gasteiger partial charge is 0.221 e. The van der Waals surface area contributed by atoms with Gasteiger partial charge in [-0.05, 0) is 26.0 Å². The molecule has 1 amide bonds. The lowest BCUT2D eigenvalue weighted by molar-refractivity contribution is -0.121. The lowest BCUT2D eigenvalue weighted by Gasteiger charge is -2.09. The molecule has 6 nitrogen and oxygen atoms in total. The molecule has 7 heteroatoms. The van der Waals surface area contributed by atoms with Gasteiger partial charge in [-0.15, -0.1) is 22.0 Å². The zero-order chi connectivity index (χ0) is 14.4. The van der Waals surface area contributed by atoms with E-state index in [-0.39, 0.29) is 11.9 Å². The summed E-state index contributed by atoms with van der Waals surface area (Å²) in [6, 6.07) is 8.05. The fourth-order valence-electron chi connectivity index (χ4n) is 1.63. The Kier molecular flexibility index (Phi) is 5.11. The average molecular weight is 291 g/mol. The number of thioether (sulfide) groups is 1. The third-order valence-electron chi connectivity index (χ3n) is 2.75. The molecule has 1 aromatic heterocycles. The van der Waals surface area contributed by atoms with Gasteiger partial charge in [0.2, 0.25) is 5.91 Å². The number of amides is 1. The van der Waals surface area contributed by atoms with E-state index < -0.39 is 0 Å². The van der Waals surface area contributed by atoms with Gasteiger partial charge in [-0.3, -0.25) is 4.79 Å². The minimum absolute atomic E-state index is 0.0121. The van der Waals surface area contributed by atoms with Gasteiger partial charge < -0.3 is 5.32 Å². The van der Waals surface area contributed by atoms with Crippen LogP contribution >= 0.6 is 11.8 Å². The van der Waals surface area contributed by atoms with Gasteiger partial charge in [-0.1, -0.05) is 22.9 Å². The van der Waals surface area contributed by atoms with Crippen LogP contribution in [0.3, 0.4) is 0 Å². The first-order chi connectivity index (χ1) is 9.65. The molecular weight excluding hydrogens is 274 g/mol. The highest BCUT2D eigenvalue weighted by molar-refractivity contribution is 7.99. The van der Waals surface area contributed by atoms with Crippen LogP contribution in [0.4, 0.5) is 0 Å². The maximum Gasteiger partial charge on any atom is 0.221 e. The zero-order valence-electron chi connectivity index (χ0n) is 11.5. The van der Waals surface area contributed by atoms with E-state index in [9.17, 15) is 4.79 Å². The van der Waals surface area contributed by atoms with Crippen LogP contribution in [0.15, 0.2) is 29.2 Å². The van der Waals surface area contributed by atoms with Gasteiger partial charge >= 0.3 is 0 Å². The number of nitrogens with one attached hydrogen (secondary N) is 2. The molecule has 1 unspecified atom stereocenters. The summed E-state index contributed by atoms with van der Waals surface area (Å²) >= 11 is 1.67. The predicted molar refractivity (Wildman–Crippen MR) is 77.3 cm³/mol. The number of aromatic nitrogens is 4. The number of nitrogens with zero attached hydrogens (tertiary/aromatic N) is 3. The van der Waals surface area contributed by atoms with Gasteiger partial charge in [-0.25, -0.2) is 0 Å². The minimum Gasteiger partial charge on any atom is -0.346 e. The fourth-order valence-corrected chi connectivity index (χ4v) is 2.48. The van der Waals surface area contributed by atoms with Gasteiger partial charge in [-0.2, -0.15) is 5.21 Å². The Labute approximate surface area is 121 Å². The van der Waals surface area contributed by atoms with Crippen LogP contribution in [0.5, 0.6) is 0 Å². The van der Waals surface area contributed by atoms with E-state index in [0.717, 1.165) is 5.75 Å². The summed E-state index contributed by atoms with van der Waals surface area (Å²) in [5.74, 6) is 1.22. The molecule has 106 valence electrons. The van der Waals surface area contributed by atoms with Crippen molar-refractivity contribution in [2.75, 3.05) is 5.75 Å². The van der Waals surface area contributed by atoms with E-state index in [4.69, 9.17) is 0 Å². The second kappa shape index (κ2) is 7.04. The van der Waals surface area contributed by atoms with E-state index in [1.54, 1.807) is 11.8 Å². The normalized spacial score (nSPS) is 12.1. The van der Waals surface area contributed by atoms with Crippen molar-refractivity contribution in [3.8, 4) is 0 Å². The molecule has 0 bridgehead atoms. The molecule has 0 saturated carbocycles. The van der Waals surface area contributed by atoms with Crippen LogP contribution in [0.2, 0.25) is 0 Å². The van der Waals surface area contributed by atoms with E-state index >= 15 is 0 Å². The van der Waals surface area contributed by atoms with Crippen molar-refractivity contribution in [2.24, 2.45) is 0 Å². The van der Waals surface area contributed by atoms with Gasteiger partial charge in [0.25, 0.3) is 0 Å². The first-order valence-corrected chi connectivity index (χ1v) is 7.36. The van der Waals surface area contributed by atoms with Gasteiger partial charge in [0.1, 0.15) is 0 Å². The molecular formula is C13H17N5OS. The summed E-state index contributed by atoms with van der Waals surface area (Å²) in [5.41, 5.74) is 1.24. The lowest BCUT2D eigenvalue weighted by Crippen LogP contribution is -2.27. The third-order valence-corrected chi connectivity index (χ3v) is 3.76. The Morgan fingerprint density at radius 1 is 1.40 bits per heavy atom. The number of carbonyl (C=O) groups excluding carboxylic acids is 1. The van der Waals surface area contributed by atoms with Gasteiger partial charge in [0, 0.05) is 17.1 Å². The number of hydrogen-bond acceptors (Lipinski definition) is 5. The Morgan fingerprint density at radius 3 is 2.80 bits per heavy atom. The highest BCUT2D eigenvalue weighted by Crippen LogP contribution is 2.19. The molecule has 0 saturated heterocycles. The van der Waals surface area contributed by atoms with Crippen molar-refractivity contribution in [2.45, 2.75) is 31.2 Å². The van der Waals surface area contributed by atoms with Gasteiger partial charge in [0.05, 0.1) is 6.04 Å². The zero-order valence-corrected chi connectivity index (χ0v) is 12.3.